The molecule has 0 saturated carbocycles. The zero-order valence-corrected chi connectivity index (χ0v) is 24.4. The number of fused-ring (bicyclic) bond motifs is 9. The Balaban J connectivity index is 1.60. The zero-order chi connectivity index (χ0) is 29.0. The average Bonchev–Trinajstić information content (AvgIpc) is 3.46. The van der Waals surface area contributed by atoms with Crippen molar-refractivity contribution in [2.75, 3.05) is 48.0 Å². The van der Waals surface area contributed by atoms with Gasteiger partial charge in [0, 0.05) is 48.0 Å². The third kappa shape index (κ3) is 3.98. The molecule has 1 saturated heterocycles. The summed E-state index contributed by atoms with van der Waals surface area (Å²) >= 11 is 0. The Kier molecular flexibility index (Phi) is 7.24. The molecule has 0 radical (unpaired) electrons. The van der Waals surface area contributed by atoms with Crippen LogP contribution in [0.25, 0.3) is 0 Å². The predicted molar refractivity (Wildman–Crippen MR) is 152 cm³/mol. The molecule has 1 fully saturated rings. The number of hydrogen-bond donors (Lipinski definition) is 1. The molecular weight excluding hydrogens is 524 g/mol. The van der Waals surface area contributed by atoms with Crippen molar-refractivity contribution < 1.29 is 28.4 Å². The Morgan fingerprint density at radius 3 is 2.56 bits per heavy atom. The largest absolute Gasteiger partial charge is 0.493 e. The van der Waals surface area contributed by atoms with Crippen molar-refractivity contribution in [3.63, 3.8) is 0 Å². The fourth-order valence-corrected chi connectivity index (χ4v) is 7.64. The second kappa shape index (κ2) is 10.7. The van der Waals surface area contributed by atoms with Gasteiger partial charge in [0.15, 0.2) is 29.8 Å². The molecule has 10 nitrogen and oxygen atoms in total. The lowest BCUT2D eigenvalue weighted by Crippen LogP contribution is -2.68. The number of aryl methyl sites for hydroxylation is 1. The minimum atomic E-state index is -0.390. The van der Waals surface area contributed by atoms with E-state index in [-0.39, 0.29) is 37.8 Å². The molecule has 2 bridgehead atoms. The standard InChI is InChI=1S/C31H38N4O6/c1-7-8-38-28-17(3)29-31(41-15-40-29)25-19(28)11-21-26-24-18(9-16(2)27(37-6)30(24)39-14-36-5)10-20(34(26)4)22(12-32)35(21)23(25)13-33/h7,9,20-23,26H,1,8,10-11,13-15,33H2,2-6H3/t20?,21?,22?,23-,26?/m0/s1. The van der Waals surface area contributed by atoms with Gasteiger partial charge < -0.3 is 34.2 Å². The topological polar surface area (TPSA) is 112 Å². The predicted octanol–water partition coefficient (Wildman–Crippen LogP) is 3.32. The molecule has 4 aliphatic rings. The van der Waals surface area contributed by atoms with Crippen LogP contribution in [0.15, 0.2) is 18.7 Å². The fourth-order valence-electron chi connectivity index (χ4n) is 7.64. The van der Waals surface area contributed by atoms with Crippen molar-refractivity contribution in [1.29, 1.82) is 5.26 Å². The lowest BCUT2D eigenvalue weighted by Gasteiger charge is -2.60. The quantitative estimate of drug-likeness (QED) is 0.380. The monoisotopic (exact) mass is 562 g/mol. The highest BCUT2D eigenvalue weighted by molar-refractivity contribution is 5.66. The van der Waals surface area contributed by atoms with E-state index in [1.807, 2.05) is 13.8 Å². The van der Waals surface area contributed by atoms with Crippen LogP contribution in [-0.2, 0) is 17.6 Å². The summed E-state index contributed by atoms with van der Waals surface area (Å²) < 4.78 is 35.8. The summed E-state index contributed by atoms with van der Waals surface area (Å²) in [5.74, 6) is 3.55. The molecule has 2 aromatic rings. The number of likely N-dealkylation sites (N-methyl/N-ethyl adjacent to an activating group) is 1. The second-order valence-corrected chi connectivity index (χ2v) is 11.1. The smallest absolute Gasteiger partial charge is 0.231 e. The maximum atomic E-state index is 10.7. The normalized spacial score (nSPS) is 25.9. The Morgan fingerprint density at radius 2 is 1.88 bits per heavy atom. The van der Waals surface area contributed by atoms with Gasteiger partial charge in [-0.1, -0.05) is 18.7 Å². The molecule has 2 N–H and O–H groups in total. The molecular formula is C31H38N4O6. The number of hydrogen-bond acceptors (Lipinski definition) is 10. The summed E-state index contributed by atoms with van der Waals surface area (Å²) in [6.45, 7) is 8.77. The molecule has 4 unspecified atom stereocenters. The molecule has 4 aliphatic heterocycles. The Labute approximate surface area is 241 Å². The van der Waals surface area contributed by atoms with Gasteiger partial charge in [-0.25, -0.2) is 0 Å². The summed E-state index contributed by atoms with van der Waals surface area (Å²) in [4.78, 5) is 4.66. The van der Waals surface area contributed by atoms with Gasteiger partial charge in [0.2, 0.25) is 6.79 Å². The van der Waals surface area contributed by atoms with Crippen LogP contribution < -0.4 is 29.4 Å². The van der Waals surface area contributed by atoms with E-state index in [2.05, 4.69) is 35.6 Å². The number of benzene rings is 2. The number of methoxy groups -OCH3 is 2. The molecule has 6 rings (SSSR count). The van der Waals surface area contributed by atoms with Crippen molar-refractivity contribution in [1.82, 2.24) is 9.80 Å². The van der Waals surface area contributed by atoms with Gasteiger partial charge in [-0.05, 0) is 44.9 Å². The van der Waals surface area contributed by atoms with Gasteiger partial charge >= 0.3 is 0 Å². The minimum absolute atomic E-state index is 0.0421. The van der Waals surface area contributed by atoms with E-state index in [0.717, 1.165) is 33.6 Å². The van der Waals surface area contributed by atoms with Crippen LogP contribution in [0.3, 0.4) is 0 Å². The number of nitrogens with zero attached hydrogens (tertiary/aromatic N) is 3. The summed E-state index contributed by atoms with van der Waals surface area (Å²) in [6, 6.07) is 3.94. The van der Waals surface area contributed by atoms with Gasteiger partial charge in [-0.15, -0.1) is 0 Å². The Hall–Kier alpha value is -3.49. The summed E-state index contributed by atoms with van der Waals surface area (Å²) in [6.07, 6.45) is 3.05. The molecule has 2 aromatic carbocycles. The summed E-state index contributed by atoms with van der Waals surface area (Å²) in [5, 5.41) is 10.7. The van der Waals surface area contributed by atoms with Crippen molar-refractivity contribution in [3.05, 3.63) is 52.1 Å². The van der Waals surface area contributed by atoms with Gasteiger partial charge in [0.25, 0.3) is 0 Å². The van der Waals surface area contributed by atoms with Crippen molar-refractivity contribution >= 4 is 0 Å². The molecule has 41 heavy (non-hydrogen) atoms. The molecule has 0 amide bonds. The second-order valence-electron chi connectivity index (χ2n) is 11.1. The highest BCUT2D eigenvalue weighted by Gasteiger charge is 2.56. The molecule has 5 atom stereocenters. The average molecular weight is 563 g/mol. The zero-order valence-electron chi connectivity index (χ0n) is 24.4. The minimum Gasteiger partial charge on any atom is -0.493 e. The highest BCUT2D eigenvalue weighted by atomic mass is 16.7. The molecule has 0 aliphatic carbocycles. The lowest BCUT2D eigenvalue weighted by molar-refractivity contribution is -0.0719. The Bertz CT molecular complexity index is 1420. The first-order chi connectivity index (χ1) is 19.9. The first-order valence-corrected chi connectivity index (χ1v) is 14.0. The van der Waals surface area contributed by atoms with Crippen LogP contribution in [0.1, 0.15) is 45.5 Å². The van der Waals surface area contributed by atoms with Crippen LogP contribution in [0.5, 0.6) is 28.7 Å². The molecule has 0 aromatic heterocycles. The number of nitriles is 1. The summed E-state index contributed by atoms with van der Waals surface area (Å²) in [5.41, 5.74) is 12.7. The lowest BCUT2D eigenvalue weighted by atomic mass is 9.71. The van der Waals surface area contributed by atoms with Gasteiger partial charge in [-0.2, -0.15) is 5.26 Å². The molecule has 10 heteroatoms. The van der Waals surface area contributed by atoms with Crippen LogP contribution in [-0.4, -0.2) is 75.9 Å². The number of rotatable bonds is 8. The van der Waals surface area contributed by atoms with E-state index < -0.39 is 6.04 Å². The van der Waals surface area contributed by atoms with E-state index in [1.165, 1.54) is 5.56 Å². The van der Waals surface area contributed by atoms with E-state index in [1.54, 1.807) is 20.3 Å². The fraction of sp³-hybridized carbons (Fsp3) is 0.516. The molecule has 4 heterocycles. The van der Waals surface area contributed by atoms with Crippen molar-refractivity contribution in [3.8, 4) is 34.8 Å². The Morgan fingerprint density at radius 1 is 1.10 bits per heavy atom. The number of piperazine rings is 1. The van der Waals surface area contributed by atoms with E-state index >= 15 is 0 Å². The summed E-state index contributed by atoms with van der Waals surface area (Å²) in [7, 11) is 5.38. The number of nitrogens with two attached hydrogens (primary N) is 1. The third-order valence-electron chi connectivity index (χ3n) is 9.14. The van der Waals surface area contributed by atoms with E-state index in [9.17, 15) is 5.26 Å². The molecule has 0 spiro atoms. The van der Waals surface area contributed by atoms with E-state index in [0.29, 0.717) is 49.0 Å². The van der Waals surface area contributed by atoms with Crippen molar-refractivity contribution in [2.45, 2.75) is 56.9 Å². The first kappa shape index (κ1) is 27.7. The van der Waals surface area contributed by atoms with Crippen molar-refractivity contribution in [2.24, 2.45) is 5.73 Å². The number of ether oxygens (including phenoxy) is 6. The first-order valence-electron chi connectivity index (χ1n) is 14.0. The van der Waals surface area contributed by atoms with Crippen LogP contribution in [0.4, 0.5) is 0 Å². The SMILES string of the molecule is C=CCOc1c(C)c2c(c3c1CC1C4c5c(cc(C)c(OC)c5OCOC)CC(C(C#N)N1[C@H]3CN)N4C)OCO2. The maximum Gasteiger partial charge on any atom is 0.231 e. The third-order valence-corrected chi connectivity index (χ3v) is 9.14. The van der Waals surface area contributed by atoms with Crippen LogP contribution in [0, 0.1) is 25.2 Å². The van der Waals surface area contributed by atoms with Crippen LogP contribution in [0.2, 0.25) is 0 Å². The maximum absolute atomic E-state index is 10.7. The van der Waals surface area contributed by atoms with Gasteiger partial charge in [0.1, 0.15) is 18.4 Å². The van der Waals surface area contributed by atoms with Gasteiger partial charge in [-0.3, -0.25) is 9.80 Å². The highest BCUT2D eigenvalue weighted by Crippen LogP contribution is 2.58. The molecule has 218 valence electrons. The van der Waals surface area contributed by atoms with E-state index in [4.69, 9.17) is 34.2 Å². The van der Waals surface area contributed by atoms with Crippen LogP contribution >= 0.6 is 0 Å². The van der Waals surface area contributed by atoms with Gasteiger partial charge in [0.05, 0.1) is 25.3 Å².